The monoisotopic (exact) mass is 371 g/mol. The number of hydrogen-bond acceptors (Lipinski definition) is 4. The maximum atomic E-state index is 13.0. The van der Waals surface area contributed by atoms with E-state index in [1.165, 1.54) is 18.2 Å². The van der Waals surface area contributed by atoms with Crippen molar-refractivity contribution in [3.63, 3.8) is 0 Å². The number of carbonyl (C=O) groups excluding carboxylic acids is 1. The maximum absolute atomic E-state index is 13.0. The zero-order valence-corrected chi connectivity index (χ0v) is 15.5. The highest BCUT2D eigenvalue weighted by Gasteiger charge is 2.46. The molecule has 136 valence electrons. The van der Waals surface area contributed by atoms with E-state index in [1.54, 1.807) is 12.1 Å². The summed E-state index contributed by atoms with van der Waals surface area (Å²) in [5.74, 6) is -0.284. The number of ether oxygens (including phenoxy) is 1. The molecule has 2 aromatic carbocycles. The van der Waals surface area contributed by atoms with Crippen LogP contribution in [0.2, 0.25) is 0 Å². The molecule has 0 aromatic heterocycles. The minimum atomic E-state index is -4.04. The minimum Gasteiger partial charge on any atom is -0.440 e. The zero-order valence-electron chi connectivity index (χ0n) is 14.7. The van der Waals surface area contributed by atoms with Gasteiger partial charge in [0.25, 0.3) is 10.0 Å². The highest BCUT2D eigenvalue weighted by atomic mass is 32.2. The van der Waals surface area contributed by atoms with E-state index in [4.69, 9.17) is 4.74 Å². The molecular formula is C20H21NO4S. The molecule has 2 aromatic rings. The van der Waals surface area contributed by atoms with Gasteiger partial charge in [0.05, 0.1) is 10.9 Å². The summed E-state index contributed by atoms with van der Waals surface area (Å²) in [6.07, 6.45) is 0.0749. The number of benzene rings is 2. The molecule has 6 heteroatoms. The van der Waals surface area contributed by atoms with Gasteiger partial charge in [0.1, 0.15) is 6.10 Å². The van der Waals surface area contributed by atoms with Gasteiger partial charge in [-0.3, -0.25) is 0 Å². The largest absolute Gasteiger partial charge is 0.440 e. The molecule has 5 nitrogen and oxygen atoms in total. The van der Waals surface area contributed by atoms with Gasteiger partial charge in [-0.15, -0.1) is 6.58 Å². The fourth-order valence-electron chi connectivity index (χ4n) is 3.19. The highest BCUT2D eigenvalue weighted by molar-refractivity contribution is 7.89. The van der Waals surface area contributed by atoms with E-state index < -0.39 is 28.3 Å². The van der Waals surface area contributed by atoms with Crippen LogP contribution in [0.3, 0.4) is 0 Å². The van der Waals surface area contributed by atoms with Gasteiger partial charge in [-0.05, 0) is 24.6 Å². The average molecular weight is 371 g/mol. The molecular weight excluding hydrogens is 350 g/mol. The summed E-state index contributed by atoms with van der Waals surface area (Å²) >= 11 is 0. The quantitative estimate of drug-likeness (QED) is 0.760. The SMILES string of the molecule is C=C[C@@H]1[C@H](C)[C@@H](c2ccccc2)OC(=O)N1S(=O)(=O)c1ccc(C)cc1. The number of carbonyl (C=O) groups is 1. The van der Waals surface area contributed by atoms with E-state index in [9.17, 15) is 13.2 Å². The van der Waals surface area contributed by atoms with E-state index in [2.05, 4.69) is 6.58 Å². The molecule has 1 aliphatic heterocycles. The lowest BCUT2D eigenvalue weighted by molar-refractivity contribution is -0.000555. The van der Waals surface area contributed by atoms with E-state index in [0.29, 0.717) is 0 Å². The van der Waals surface area contributed by atoms with E-state index in [-0.39, 0.29) is 10.8 Å². The third kappa shape index (κ3) is 3.12. The lowest BCUT2D eigenvalue weighted by atomic mass is 9.89. The number of amides is 1. The third-order valence-electron chi connectivity index (χ3n) is 4.64. The van der Waals surface area contributed by atoms with Crippen LogP contribution in [0.4, 0.5) is 4.79 Å². The third-order valence-corrected chi connectivity index (χ3v) is 6.42. The predicted octanol–water partition coefficient (Wildman–Crippen LogP) is 4.07. The molecule has 0 spiro atoms. The van der Waals surface area contributed by atoms with Gasteiger partial charge in [-0.25, -0.2) is 13.2 Å². The van der Waals surface area contributed by atoms with Crippen LogP contribution in [0.5, 0.6) is 0 Å². The normalized spacial score (nSPS) is 23.4. The Kier molecular flexibility index (Phi) is 4.87. The lowest BCUT2D eigenvalue weighted by Crippen LogP contribution is -2.53. The zero-order chi connectivity index (χ0) is 18.9. The Morgan fingerprint density at radius 1 is 1.08 bits per heavy atom. The van der Waals surface area contributed by atoms with Crippen LogP contribution in [0.25, 0.3) is 0 Å². The molecule has 0 unspecified atom stereocenters. The number of sulfonamides is 1. The molecule has 0 bridgehead atoms. The second-order valence-corrected chi connectivity index (χ2v) is 8.23. The smallest absolute Gasteiger partial charge is 0.425 e. The first kappa shape index (κ1) is 18.2. The Balaban J connectivity index is 2.00. The number of cyclic esters (lactones) is 1. The molecule has 0 N–H and O–H groups in total. The Labute approximate surface area is 154 Å². The lowest BCUT2D eigenvalue weighted by Gasteiger charge is -2.41. The van der Waals surface area contributed by atoms with Crippen molar-refractivity contribution < 1.29 is 17.9 Å². The highest BCUT2D eigenvalue weighted by Crippen LogP contribution is 2.38. The topological polar surface area (TPSA) is 63.7 Å². The first-order chi connectivity index (χ1) is 12.4. The van der Waals surface area contributed by atoms with E-state index >= 15 is 0 Å². The van der Waals surface area contributed by atoms with Crippen LogP contribution in [-0.4, -0.2) is 24.9 Å². The van der Waals surface area contributed by atoms with Crippen LogP contribution >= 0.6 is 0 Å². The van der Waals surface area contributed by atoms with Gasteiger partial charge in [-0.2, -0.15) is 4.31 Å². The van der Waals surface area contributed by atoms with Crippen molar-refractivity contribution in [2.45, 2.75) is 30.9 Å². The summed E-state index contributed by atoms with van der Waals surface area (Å²) < 4.78 is 32.4. The summed E-state index contributed by atoms with van der Waals surface area (Å²) in [6.45, 7) is 7.48. The molecule has 26 heavy (non-hydrogen) atoms. The summed E-state index contributed by atoms with van der Waals surface area (Å²) in [5.41, 5.74) is 1.76. The van der Waals surface area contributed by atoms with Crippen molar-refractivity contribution in [2.24, 2.45) is 5.92 Å². The average Bonchev–Trinajstić information content (AvgIpc) is 2.63. The maximum Gasteiger partial charge on any atom is 0.425 e. The van der Waals surface area contributed by atoms with Gasteiger partial charge < -0.3 is 4.74 Å². The number of hydrogen-bond donors (Lipinski definition) is 0. The van der Waals surface area contributed by atoms with Gasteiger partial charge in [0.15, 0.2) is 0 Å². The Morgan fingerprint density at radius 3 is 2.27 bits per heavy atom. The summed E-state index contributed by atoms with van der Waals surface area (Å²) in [6, 6.07) is 15.0. The summed E-state index contributed by atoms with van der Waals surface area (Å²) in [5, 5.41) is 0. The van der Waals surface area contributed by atoms with Crippen LogP contribution in [-0.2, 0) is 14.8 Å². The van der Waals surface area contributed by atoms with E-state index in [1.807, 2.05) is 44.2 Å². The first-order valence-electron chi connectivity index (χ1n) is 8.35. The van der Waals surface area contributed by atoms with E-state index in [0.717, 1.165) is 15.4 Å². The Morgan fingerprint density at radius 2 is 1.69 bits per heavy atom. The number of nitrogens with zero attached hydrogens (tertiary/aromatic N) is 1. The predicted molar refractivity (Wildman–Crippen MR) is 99.0 cm³/mol. The van der Waals surface area contributed by atoms with Crippen LogP contribution in [0.1, 0.15) is 24.2 Å². The standard InChI is InChI=1S/C20H21NO4S/c1-4-18-15(3)19(16-8-6-5-7-9-16)25-20(22)21(18)26(23,24)17-12-10-14(2)11-13-17/h4-13,15,18-19H,1H2,2-3H3/t15-,18+,19-/m0/s1. The molecule has 3 rings (SSSR count). The Hall–Kier alpha value is -2.60. The van der Waals surface area contributed by atoms with Gasteiger partial charge in [-0.1, -0.05) is 61.0 Å². The summed E-state index contributed by atoms with van der Waals surface area (Å²) in [7, 11) is -4.04. The van der Waals surface area contributed by atoms with Gasteiger partial charge >= 0.3 is 6.09 Å². The molecule has 1 heterocycles. The first-order valence-corrected chi connectivity index (χ1v) is 9.79. The van der Waals surface area contributed by atoms with Gasteiger partial charge in [0, 0.05) is 5.92 Å². The van der Waals surface area contributed by atoms with Crippen LogP contribution in [0.15, 0.2) is 72.1 Å². The molecule has 3 atom stereocenters. The molecule has 1 amide bonds. The minimum absolute atomic E-state index is 0.0530. The van der Waals surface area contributed by atoms with Crippen molar-refractivity contribution in [1.29, 1.82) is 0 Å². The Bertz CT molecular complexity index is 907. The second-order valence-electron chi connectivity index (χ2n) is 6.41. The molecule has 0 radical (unpaired) electrons. The van der Waals surface area contributed by atoms with Crippen molar-refractivity contribution in [2.75, 3.05) is 0 Å². The van der Waals surface area contributed by atoms with Crippen LogP contribution < -0.4 is 0 Å². The summed E-state index contributed by atoms with van der Waals surface area (Å²) in [4.78, 5) is 12.7. The van der Waals surface area contributed by atoms with Crippen molar-refractivity contribution in [1.82, 2.24) is 4.31 Å². The molecule has 1 saturated heterocycles. The van der Waals surface area contributed by atoms with Crippen LogP contribution in [0, 0.1) is 12.8 Å². The molecule has 0 saturated carbocycles. The number of rotatable bonds is 4. The second kappa shape index (κ2) is 6.96. The fourth-order valence-corrected chi connectivity index (χ4v) is 4.73. The molecule has 0 aliphatic carbocycles. The van der Waals surface area contributed by atoms with Crippen molar-refractivity contribution in [3.05, 3.63) is 78.4 Å². The number of aryl methyl sites for hydroxylation is 1. The molecule has 1 fully saturated rings. The van der Waals surface area contributed by atoms with Gasteiger partial charge in [0.2, 0.25) is 0 Å². The van der Waals surface area contributed by atoms with Crippen molar-refractivity contribution >= 4 is 16.1 Å². The fraction of sp³-hybridized carbons (Fsp3) is 0.250. The molecule has 1 aliphatic rings. The van der Waals surface area contributed by atoms with Crippen molar-refractivity contribution in [3.8, 4) is 0 Å².